The maximum atomic E-state index is 9.13. The molecular formula is C13H9N3. The SMILES string of the molecule is Cn1ccc2c3ccccc3nc-2c1C#N. The maximum Gasteiger partial charge on any atom is 0.146 e. The monoisotopic (exact) mass is 207 g/mol. The van der Waals surface area contributed by atoms with E-state index < -0.39 is 0 Å². The average Bonchev–Trinajstić information content (AvgIpc) is 2.67. The molecule has 0 fully saturated rings. The molecule has 3 heteroatoms. The van der Waals surface area contributed by atoms with Crippen LogP contribution in [-0.2, 0) is 7.05 Å². The van der Waals surface area contributed by atoms with E-state index >= 15 is 0 Å². The first kappa shape index (κ1) is 8.93. The van der Waals surface area contributed by atoms with Crippen molar-refractivity contribution in [2.45, 2.75) is 0 Å². The van der Waals surface area contributed by atoms with Gasteiger partial charge in [-0.2, -0.15) is 5.26 Å². The van der Waals surface area contributed by atoms with Gasteiger partial charge in [-0.25, -0.2) is 4.98 Å². The van der Waals surface area contributed by atoms with E-state index in [2.05, 4.69) is 11.1 Å². The minimum absolute atomic E-state index is 0.605. The molecule has 3 nitrogen and oxygen atoms in total. The second-order valence-corrected chi connectivity index (χ2v) is 3.78. The van der Waals surface area contributed by atoms with Crippen molar-refractivity contribution < 1.29 is 0 Å². The van der Waals surface area contributed by atoms with Crippen LogP contribution in [0.25, 0.3) is 22.2 Å². The van der Waals surface area contributed by atoms with Crippen LogP contribution >= 0.6 is 0 Å². The molecule has 0 saturated heterocycles. The Hall–Kier alpha value is -2.34. The van der Waals surface area contributed by atoms with Crippen molar-refractivity contribution >= 4 is 10.9 Å². The van der Waals surface area contributed by atoms with E-state index in [1.54, 1.807) is 4.57 Å². The van der Waals surface area contributed by atoms with E-state index in [9.17, 15) is 0 Å². The van der Waals surface area contributed by atoms with Crippen LogP contribution in [0.1, 0.15) is 5.69 Å². The zero-order valence-electron chi connectivity index (χ0n) is 8.81. The highest BCUT2D eigenvalue weighted by Crippen LogP contribution is 2.32. The van der Waals surface area contributed by atoms with Gasteiger partial charge in [-0.05, 0) is 12.1 Å². The predicted octanol–water partition coefficient (Wildman–Crippen LogP) is 2.55. The summed E-state index contributed by atoms with van der Waals surface area (Å²) in [7, 11) is 1.86. The minimum atomic E-state index is 0.605. The molecule has 0 amide bonds. The van der Waals surface area contributed by atoms with E-state index in [0.29, 0.717) is 5.69 Å². The van der Waals surface area contributed by atoms with Crippen molar-refractivity contribution in [1.29, 1.82) is 5.26 Å². The highest BCUT2D eigenvalue weighted by Gasteiger charge is 2.16. The Labute approximate surface area is 92.9 Å². The third-order valence-electron chi connectivity index (χ3n) is 2.83. The van der Waals surface area contributed by atoms with Crippen LogP contribution < -0.4 is 0 Å². The highest BCUT2D eigenvalue weighted by molar-refractivity contribution is 5.98. The van der Waals surface area contributed by atoms with Crippen LogP contribution in [0, 0.1) is 11.3 Å². The fourth-order valence-electron chi connectivity index (χ4n) is 2.02. The summed E-state index contributed by atoms with van der Waals surface area (Å²) in [6.45, 7) is 0. The van der Waals surface area contributed by atoms with E-state index in [0.717, 1.165) is 22.2 Å². The number of nitriles is 1. The molecule has 0 saturated carbocycles. The van der Waals surface area contributed by atoms with Crippen LogP contribution in [0.5, 0.6) is 0 Å². The number of aryl methyl sites for hydroxylation is 1. The van der Waals surface area contributed by atoms with Crippen LogP contribution in [0.3, 0.4) is 0 Å². The average molecular weight is 207 g/mol. The first-order chi connectivity index (χ1) is 7.81. The molecular weight excluding hydrogens is 198 g/mol. The Kier molecular flexibility index (Phi) is 1.72. The van der Waals surface area contributed by atoms with Crippen LogP contribution in [-0.4, -0.2) is 9.55 Å². The van der Waals surface area contributed by atoms with Crippen LogP contribution in [0.4, 0.5) is 0 Å². The molecule has 0 radical (unpaired) electrons. The molecule has 0 unspecified atom stereocenters. The first-order valence-electron chi connectivity index (χ1n) is 5.05. The summed E-state index contributed by atoms with van der Waals surface area (Å²) < 4.78 is 1.80. The third kappa shape index (κ3) is 1.04. The molecule has 0 atom stereocenters. The van der Waals surface area contributed by atoms with E-state index in [-0.39, 0.29) is 0 Å². The van der Waals surface area contributed by atoms with Gasteiger partial charge in [0, 0.05) is 24.2 Å². The largest absolute Gasteiger partial charge is 0.341 e. The lowest BCUT2D eigenvalue weighted by atomic mass is 10.1. The number of hydrogen-bond donors (Lipinski definition) is 0. The van der Waals surface area contributed by atoms with Gasteiger partial charge in [0.2, 0.25) is 0 Å². The molecule has 0 N–H and O–H groups in total. The van der Waals surface area contributed by atoms with Crippen molar-refractivity contribution in [2.24, 2.45) is 7.05 Å². The van der Waals surface area contributed by atoms with Gasteiger partial charge in [0.15, 0.2) is 0 Å². The smallest absolute Gasteiger partial charge is 0.146 e. The van der Waals surface area contributed by atoms with Crippen molar-refractivity contribution in [2.75, 3.05) is 0 Å². The Balaban J connectivity index is 2.52. The van der Waals surface area contributed by atoms with Gasteiger partial charge in [0.1, 0.15) is 17.5 Å². The lowest BCUT2D eigenvalue weighted by Gasteiger charge is -2.05. The zero-order valence-corrected chi connectivity index (χ0v) is 8.81. The van der Waals surface area contributed by atoms with Gasteiger partial charge < -0.3 is 4.57 Å². The molecule has 0 bridgehead atoms. The van der Waals surface area contributed by atoms with Crippen LogP contribution in [0.2, 0.25) is 0 Å². The molecule has 2 aliphatic rings. The summed E-state index contributed by atoms with van der Waals surface area (Å²) in [5.41, 5.74) is 3.38. The van der Waals surface area contributed by atoms with Gasteiger partial charge in [-0.1, -0.05) is 18.2 Å². The standard InChI is InChI=1S/C13H9N3/c1-16-7-6-10-9-4-2-3-5-11(9)15-13(10)12(16)8-14/h2-7H,1H3. The topological polar surface area (TPSA) is 41.6 Å². The number of fused-ring (bicyclic) bond motifs is 3. The van der Waals surface area contributed by atoms with Gasteiger partial charge in [0.05, 0.1) is 5.52 Å². The molecule has 16 heavy (non-hydrogen) atoms. The summed E-state index contributed by atoms with van der Waals surface area (Å²) in [4.78, 5) is 4.50. The molecule has 76 valence electrons. The molecule has 0 aliphatic carbocycles. The predicted molar refractivity (Wildman–Crippen MR) is 62.1 cm³/mol. The number of benzene rings is 1. The van der Waals surface area contributed by atoms with Crippen LogP contribution in [0.15, 0.2) is 36.5 Å². The second-order valence-electron chi connectivity index (χ2n) is 3.78. The zero-order chi connectivity index (χ0) is 11.1. The highest BCUT2D eigenvalue weighted by atomic mass is 14.9. The Morgan fingerprint density at radius 1 is 1.25 bits per heavy atom. The summed E-state index contributed by atoms with van der Waals surface area (Å²) in [6, 6.07) is 12.2. The summed E-state index contributed by atoms with van der Waals surface area (Å²) >= 11 is 0. The second kappa shape index (κ2) is 3.07. The first-order valence-corrected chi connectivity index (χ1v) is 5.05. The third-order valence-corrected chi connectivity index (χ3v) is 2.83. The summed E-state index contributed by atoms with van der Waals surface area (Å²) in [5.74, 6) is 0. The molecule has 0 spiro atoms. The van der Waals surface area contributed by atoms with Gasteiger partial charge in [0.25, 0.3) is 0 Å². The molecule has 3 rings (SSSR count). The van der Waals surface area contributed by atoms with Crippen molar-refractivity contribution in [3.05, 3.63) is 42.2 Å². The molecule has 1 aromatic rings. The number of pyridine rings is 1. The molecule has 0 aromatic heterocycles. The summed E-state index contributed by atoms with van der Waals surface area (Å²) in [5, 5.41) is 10.2. The van der Waals surface area contributed by atoms with Gasteiger partial charge >= 0.3 is 0 Å². The van der Waals surface area contributed by atoms with Crippen molar-refractivity contribution in [3.8, 4) is 17.3 Å². The maximum absolute atomic E-state index is 9.13. The van der Waals surface area contributed by atoms with Crippen molar-refractivity contribution in [1.82, 2.24) is 9.55 Å². The van der Waals surface area contributed by atoms with E-state index in [1.165, 1.54) is 0 Å². The lowest BCUT2D eigenvalue weighted by molar-refractivity contribution is 0.882. The van der Waals surface area contributed by atoms with E-state index in [1.807, 2.05) is 43.6 Å². The molecule has 1 aromatic carbocycles. The number of hydrogen-bond acceptors (Lipinski definition) is 2. The Morgan fingerprint density at radius 2 is 2.06 bits per heavy atom. The van der Waals surface area contributed by atoms with E-state index in [4.69, 9.17) is 5.26 Å². The number of rotatable bonds is 0. The normalized spacial score (nSPS) is 10.8. The Bertz CT molecular complexity index is 688. The number of aromatic nitrogens is 2. The van der Waals surface area contributed by atoms with Crippen molar-refractivity contribution in [3.63, 3.8) is 0 Å². The molecule has 2 heterocycles. The fraction of sp³-hybridized carbons (Fsp3) is 0.0769. The van der Waals surface area contributed by atoms with Gasteiger partial charge in [-0.3, -0.25) is 0 Å². The minimum Gasteiger partial charge on any atom is -0.341 e. The molecule has 2 aliphatic heterocycles. The van der Waals surface area contributed by atoms with Gasteiger partial charge in [-0.15, -0.1) is 0 Å². The lowest BCUT2D eigenvalue weighted by Crippen LogP contribution is -1.99. The number of nitrogens with zero attached hydrogens (tertiary/aromatic N) is 3. The number of para-hydroxylation sites is 1. The quantitative estimate of drug-likeness (QED) is 0.568. The fourth-order valence-corrected chi connectivity index (χ4v) is 2.02. The summed E-state index contributed by atoms with van der Waals surface area (Å²) in [6.07, 6.45) is 1.90. The Morgan fingerprint density at radius 3 is 2.88 bits per heavy atom.